The van der Waals surface area contributed by atoms with Gasteiger partial charge in [-0.25, -0.2) is 9.59 Å². The molecule has 0 unspecified atom stereocenters. The standard InChI is InChI=1S/C27H36F2NO7P/c1-25(2,3)36-38(33,37-26(4,5)6)27(28,29)21-15-13-19(14-16-21)17-22(23(31)34-7)30-24(32)35-18-20-11-9-8-10-12-20/h8-16,22H,17-18H2,1-7H3,(H,30,32)/t22-/m0/s1. The van der Waals surface area contributed by atoms with Gasteiger partial charge >= 0.3 is 25.3 Å². The number of ether oxygens (including phenoxy) is 2. The van der Waals surface area contributed by atoms with Gasteiger partial charge in [0.2, 0.25) is 0 Å². The summed E-state index contributed by atoms with van der Waals surface area (Å²) in [5.41, 5.74) is -5.68. The Balaban J connectivity index is 2.20. The summed E-state index contributed by atoms with van der Waals surface area (Å²) < 4.78 is 65.1. The molecule has 0 radical (unpaired) electrons. The molecule has 0 fully saturated rings. The zero-order chi connectivity index (χ0) is 28.8. The normalized spacial score (nSPS) is 13.5. The van der Waals surface area contributed by atoms with Crippen molar-refractivity contribution in [3.8, 4) is 0 Å². The third-order valence-corrected chi connectivity index (χ3v) is 7.39. The van der Waals surface area contributed by atoms with E-state index < -0.39 is 48.1 Å². The second-order valence-corrected chi connectivity index (χ2v) is 12.6. The SMILES string of the molecule is COC(=O)[C@H](Cc1ccc(C(F)(F)P(=O)(OC(C)(C)C)OC(C)(C)C)cc1)NC(=O)OCc1ccccc1. The van der Waals surface area contributed by atoms with Gasteiger partial charge in [0.1, 0.15) is 12.6 Å². The van der Waals surface area contributed by atoms with Crippen molar-refractivity contribution in [2.45, 2.75) is 77.5 Å². The zero-order valence-electron chi connectivity index (χ0n) is 22.7. The van der Waals surface area contributed by atoms with E-state index in [9.17, 15) is 14.2 Å². The van der Waals surface area contributed by atoms with Gasteiger partial charge in [-0.3, -0.25) is 13.6 Å². The van der Waals surface area contributed by atoms with Crippen molar-refractivity contribution in [2.75, 3.05) is 7.11 Å². The third kappa shape index (κ3) is 9.19. The lowest BCUT2D eigenvalue weighted by Gasteiger charge is -2.36. The van der Waals surface area contributed by atoms with Crippen LogP contribution in [-0.2, 0) is 46.6 Å². The predicted molar refractivity (Wildman–Crippen MR) is 139 cm³/mol. The summed E-state index contributed by atoms with van der Waals surface area (Å²) in [6, 6.07) is 12.7. The molecule has 0 aliphatic heterocycles. The number of methoxy groups -OCH3 is 1. The lowest BCUT2D eigenvalue weighted by molar-refractivity contribution is -0.143. The van der Waals surface area contributed by atoms with Crippen LogP contribution < -0.4 is 5.32 Å². The van der Waals surface area contributed by atoms with Crippen molar-refractivity contribution in [3.63, 3.8) is 0 Å². The number of carbonyl (C=O) groups excluding carboxylic acids is 2. The van der Waals surface area contributed by atoms with Crippen molar-refractivity contribution in [3.05, 3.63) is 71.3 Å². The van der Waals surface area contributed by atoms with Crippen LogP contribution in [0.5, 0.6) is 0 Å². The van der Waals surface area contributed by atoms with E-state index in [0.717, 1.165) is 24.8 Å². The van der Waals surface area contributed by atoms with Crippen molar-refractivity contribution >= 4 is 19.7 Å². The van der Waals surface area contributed by atoms with Gasteiger partial charge < -0.3 is 14.8 Å². The topological polar surface area (TPSA) is 100 Å². The monoisotopic (exact) mass is 555 g/mol. The Morgan fingerprint density at radius 2 is 1.39 bits per heavy atom. The van der Waals surface area contributed by atoms with Crippen molar-refractivity contribution < 1.29 is 41.5 Å². The molecule has 210 valence electrons. The second kappa shape index (κ2) is 12.4. The van der Waals surface area contributed by atoms with Crippen molar-refractivity contribution in [1.29, 1.82) is 0 Å². The molecule has 2 rings (SSSR count). The lowest BCUT2D eigenvalue weighted by Crippen LogP contribution is -2.43. The molecule has 0 aliphatic carbocycles. The van der Waals surface area contributed by atoms with Crippen LogP contribution in [-0.4, -0.2) is 36.4 Å². The number of esters is 1. The molecule has 0 aromatic heterocycles. The van der Waals surface area contributed by atoms with Gasteiger partial charge in [-0.2, -0.15) is 8.78 Å². The number of amides is 1. The van der Waals surface area contributed by atoms with E-state index in [2.05, 4.69) is 5.32 Å². The minimum Gasteiger partial charge on any atom is -0.467 e. The fourth-order valence-corrected chi connectivity index (χ4v) is 5.51. The van der Waals surface area contributed by atoms with Crippen molar-refractivity contribution in [1.82, 2.24) is 5.32 Å². The Bertz CT molecular complexity index is 1110. The number of hydrogen-bond donors (Lipinski definition) is 1. The highest BCUT2D eigenvalue weighted by Gasteiger charge is 2.58. The Morgan fingerprint density at radius 1 is 0.868 bits per heavy atom. The van der Waals surface area contributed by atoms with Gasteiger partial charge in [0, 0.05) is 12.0 Å². The number of nitrogens with one attached hydrogen (secondary N) is 1. The molecule has 1 N–H and O–H groups in total. The molecule has 0 aliphatic rings. The molecule has 1 amide bonds. The molecule has 38 heavy (non-hydrogen) atoms. The fraction of sp³-hybridized carbons (Fsp3) is 0.481. The molecule has 0 saturated carbocycles. The number of alkyl halides is 2. The van der Waals surface area contributed by atoms with Gasteiger partial charge in [-0.05, 0) is 52.7 Å². The van der Waals surface area contributed by atoms with Gasteiger partial charge in [0.25, 0.3) is 0 Å². The molecular weight excluding hydrogens is 519 g/mol. The second-order valence-electron chi connectivity index (χ2n) is 10.6. The van der Waals surface area contributed by atoms with E-state index in [1.54, 1.807) is 24.3 Å². The maximum absolute atomic E-state index is 15.6. The largest absolute Gasteiger partial charge is 0.467 e. The van der Waals surface area contributed by atoms with Crippen LogP contribution in [0.3, 0.4) is 0 Å². The van der Waals surface area contributed by atoms with Crippen LogP contribution >= 0.6 is 7.60 Å². The molecule has 0 saturated heterocycles. The maximum Gasteiger partial charge on any atom is 0.408 e. The van der Waals surface area contributed by atoms with E-state index in [-0.39, 0.29) is 13.0 Å². The molecular formula is C27H36F2NO7P. The third-order valence-electron chi connectivity index (χ3n) is 4.86. The predicted octanol–water partition coefficient (Wildman–Crippen LogP) is 6.57. The van der Waals surface area contributed by atoms with Crippen LogP contribution in [0, 0.1) is 0 Å². The lowest BCUT2D eigenvalue weighted by atomic mass is 10.0. The molecule has 11 heteroatoms. The van der Waals surface area contributed by atoms with E-state index in [1.165, 1.54) is 53.7 Å². The van der Waals surface area contributed by atoms with Gasteiger partial charge in [0.15, 0.2) is 0 Å². The average molecular weight is 556 g/mol. The molecule has 0 spiro atoms. The first-order valence-electron chi connectivity index (χ1n) is 12.0. The van der Waals surface area contributed by atoms with E-state index >= 15 is 8.78 Å². The van der Waals surface area contributed by atoms with Gasteiger partial charge in [-0.15, -0.1) is 0 Å². The van der Waals surface area contributed by atoms with E-state index in [4.69, 9.17) is 18.5 Å². The first kappa shape index (κ1) is 31.4. The van der Waals surface area contributed by atoms with Crippen LogP contribution in [0.15, 0.2) is 54.6 Å². The molecule has 0 bridgehead atoms. The summed E-state index contributed by atoms with van der Waals surface area (Å²) in [5, 5.41) is 2.44. The van der Waals surface area contributed by atoms with Gasteiger partial charge in [-0.1, -0.05) is 54.6 Å². The van der Waals surface area contributed by atoms with Crippen LogP contribution in [0.1, 0.15) is 58.2 Å². The minimum atomic E-state index is -4.98. The Morgan fingerprint density at radius 3 is 1.87 bits per heavy atom. The fourth-order valence-electron chi connectivity index (χ4n) is 3.33. The van der Waals surface area contributed by atoms with Crippen molar-refractivity contribution in [2.24, 2.45) is 0 Å². The minimum absolute atomic E-state index is 0.00231. The summed E-state index contributed by atoms with van der Waals surface area (Å²) in [6.07, 6.45) is -0.903. The zero-order valence-corrected chi connectivity index (χ0v) is 23.6. The molecule has 2 aromatic carbocycles. The first-order chi connectivity index (χ1) is 17.5. The number of alkyl carbamates (subject to hydrolysis) is 1. The molecule has 8 nitrogen and oxygen atoms in total. The number of carbonyl (C=O) groups is 2. The van der Waals surface area contributed by atoms with E-state index in [0.29, 0.717) is 5.56 Å². The number of rotatable bonds is 10. The van der Waals surface area contributed by atoms with E-state index in [1.807, 2.05) is 6.07 Å². The van der Waals surface area contributed by atoms with Crippen LogP contribution in [0.25, 0.3) is 0 Å². The molecule has 2 aromatic rings. The average Bonchev–Trinajstić information content (AvgIpc) is 2.80. The smallest absolute Gasteiger partial charge is 0.408 e. The summed E-state index contributed by atoms with van der Waals surface area (Å²) in [7, 11) is -3.82. The van der Waals surface area contributed by atoms with Crippen LogP contribution in [0.2, 0.25) is 0 Å². The number of hydrogen-bond acceptors (Lipinski definition) is 7. The summed E-state index contributed by atoms with van der Waals surface area (Å²) in [5.74, 6) is -0.738. The number of benzene rings is 2. The highest BCUT2D eigenvalue weighted by atomic mass is 31.2. The summed E-state index contributed by atoms with van der Waals surface area (Å²) in [4.78, 5) is 24.5. The highest BCUT2D eigenvalue weighted by Crippen LogP contribution is 2.69. The molecule has 1 atom stereocenters. The maximum atomic E-state index is 15.6. The highest BCUT2D eigenvalue weighted by molar-refractivity contribution is 7.54. The summed E-state index contributed by atoms with van der Waals surface area (Å²) >= 11 is 0. The van der Waals surface area contributed by atoms with Gasteiger partial charge in [0.05, 0.1) is 18.3 Å². The summed E-state index contributed by atoms with van der Waals surface area (Å²) in [6.45, 7) is 9.06. The Hall–Kier alpha value is -2.81. The first-order valence-corrected chi connectivity index (χ1v) is 13.5. The Labute approximate surface area is 222 Å². The molecule has 0 heterocycles. The quantitative estimate of drug-likeness (QED) is 0.261. The van der Waals surface area contributed by atoms with Crippen LogP contribution in [0.4, 0.5) is 13.6 Å². The Kier molecular flexibility index (Phi) is 10.2. The number of halogens is 2.